The number of aromatic hydroxyl groups is 1. The molecule has 1 amide bonds. The van der Waals surface area contributed by atoms with Crippen molar-refractivity contribution in [2.45, 2.75) is 12.8 Å². The quantitative estimate of drug-likeness (QED) is 0.657. The van der Waals surface area contributed by atoms with Gasteiger partial charge in [0.15, 0.2) is 0 Å². The van der Waals surface area contributed by atoms with Gasteiger partial charge in [-0.05, 0) is 67.8 Å². The zero-order valence-corrected chi connectivity index (χ0v) is 15.9. The van der Waals surface area contributed by atoms with Crippen LogP contribution < -0.4 is 15.4 Å². The molecule has 0 unspecified atom stereocenters. The number of carbonyl (C=O) groups excluding carboxylic acids is 1. The highest BCUT2D eigenvalue weighted by Gasteiger charge is 2.13. The number of phenols is 1. The third kappa shape index (κ3) is 6.96. The number of anilines is 1. The van der Waals surface area contributed by atoms with Crippen molar-refractivity contribution in [3.63, 3.8) is 0 Å². The summed E-state index contributed by atoms with van der Waals surface area (Å²) in [6, 6.07) is 14.1. The molecule has 0 spiro atoms. The molecule has 0 bridgehead atoms. The van der Waals surface area contributed by atoms with Gasteiger partial charge in [-0.3, -0.25) is 4.79 Å². The standard InChI is InChI=1S/C21H24N2O3.ClH/c24-19-7-4-16(5-8-19)6-9-21(25)23-18-2-1-3-20(14-18)26-15-17-10-12-22-13-11-17;/h1-9,14,17,22,24H,10-13,15H2,(H,23,25);1H/b9-6+;. The molecule has 1 fully saturated rings. The van der Waals surface area contributed by atoms with Crippen molar-refractivity contribution in [2.24, 2.45) is 5.92 Å². The molecule has 1 heterocycles. The van der Waals surface area contributed by atoms with E-state index >= 15 is 0 Å². The molecule has 144 valence electrons. The highest BCUT2D eigenvalue weighted by Crippen LogP contribution is 2.20. The average molecular weight is 389 g/mol. The molecule has 5 nitrogen and oxygen atoms in total. The number of ether oxygens (including phenoxy) is 1. The van der Waals surface area contributed by atoms with Crippen molar-refractivity contribution in [3.8, 4) is 11.5 Å². The van der Waals surface area contributed by atoms with Crippen LogP contribution in [0.15, 0.2) is 54.6 Å². The Morgan fingerprint density at radius 2 is 1.93 bits per heavy atom. The van der Waals surface area contributed by atoms with Crippen LogP contribution in [-0.4, -0.2) is 30.7 Å². The van der Waals surface area contributed by atoms with E-state index < -0.39 is 0 Å². The van der Waals surface area contributed by atoms with Crippen LogP contribution >= 0.6 is 12.4 Å². The SMILES string of the molecule is Cl.O=C(/C=C/c1ccc(O)cc1)Nc1cccc(OCC2CCNCC2)c1. The molecule has 1 aliphatic heterocycles. The van der Waals surface area contributed by atoms with Crippen LogP contribution in [0.3, 0.4) is 0 Å². The first-order chi connectivity index (χ1) is 12.7. The van der Waals surface area contributed by atoms with Crippen LogP contribution in [0.25, 0.3) is 6.08 Å². The molecule has 1 aliphatic rings. The van der Waals surface area contributed by atoms with E-state index in [-0.39, 0.29) is 24.1 Å². The second-order valence-corrected chi connectivity index (χ2v) is 6.45. The van der Waals surface area contributed by atoms with E-state index in [4.69, 9.17) is 4.74 Å². The van der Waals surface area contributed by atoms with Gasteiger partial charge in [-0.25, -0.2) is 0 Å². The lowest BCUT2D eigenvalue weighted by Gasteiger charge is -2.22. The van der Waals surface area contributed by atoms with E-state index in [0.29, 0.717) is 18.2 Å². The number of nitrogens with one attached hydrogen (secondary N) is 2. The van der Waals surface area contributed by atoms with Gasteiger partial charge < -0.3 is 20.5 Å². The van der Waals surface area contributed by atoms with Crippen molar-refractivity contribution in [1.29, 1.82) is 0 Å². The number of benzene rings is 2. The molecule has 0 aliphatic carbocycles. The molecule has 3 rings (SSSR count). The van der Waals surface area contributed by atoms with Crippen molar-refractivity contribution in [2.75, 3.05) is 25.0 Å². The van der Waals surface area contributed by atoms with Gasteiger partial charge >= 0.3 is 0 Å². The number of piperidine rings is 1. The first-order valence-electron chi connectivity index (χ1n) is 8.91. The van der Waals surface area contributed by atoms with Crippen molar-refractivity contribution in [3.05, 3.63) is 60.2 Å². The van der Waals surface area contributed by atoms with Gasteiger partial charge in [-0.1, -0.05) is 18.2 Å². The van der Waals surface area contributed by atoms with Gasteiger partial charge in [0.2, 0.25) is 5.91 Å². The molecule has 2 aromatic carbocycles. The zero-order chi connectivity index (χ0) is 18.2. The van der Waals surface area contributed by atoms with Crippen LogP contribution in [-0.2, 0) is 4.79 Å². The molecule has 0 atom stereocenters. The van der Waals surface area contributed by atoms with Crippen LogP contribution in [0.4, 0.5) is 5.69 Å². The molecule has 0 saturated carbocycles. The van der Waals surface area contributed by atoms with E-state index in [9.17, 15) is 9.90 Å². The van der Waals surface area contributed by atoms with Gasteiger partial charge in [-0.2, -0.15) is 0 Å². The first kappa shape index (κ1) is 20.8. The Morgan fingerprint density at radius 3 is 2.67 bits per heavy atom. The van der Waals surface area contributed by atoms with Gasteiger partial charge in [-0.15, -0.1) is 12.4 Å². The lowest BCUT2D eigenvalue weighted by molar-refractivity contribution is -0.111. The Balaban J connectivity index is 0.00000261. The predicted molar refractivity (Wildman–Crippen MR) is 111 cm³/mol. The predicted octanol–water partition coefficient (Wildman–Crippen LogP) is 3.84. The van der Waals surface area contributed by atoms with Gasteiger partial charge in [0.05, 0.1) is 6.61 Å². The van der Waals surface area contributed by atoms with Gasteiger partial charge in [0.25, 0.3) is 0 Å². The highest BCUT2D eigenvalue weighted by atomic mass is 35.5. The van der Waals surface area contributed by atoms with Crippen molar-refractivity contribution < 1.29 is 14.6 Å². The van der Waals surface area contributed by atoms with Crippen molar-refractivity contribution >= 4 is 30.1 Å². The third-order valence-electron chi connectivity index (χ3n) is 4.37. The summed E-state index contributed by atoms with van der Waals surface area (Å²) in [6.07, 6.45) is 5.44. The minimum atomic E-state index is -0.214. The summed E-state index contributed by atoms with van der Waals surface area (Å²) in [6.45, 7) is 2.81. The first-order valence-corrected chi connectivity index (χ1v) is 8.91. The Bertz CT molecular complexity index is 756. The maximum atomic E-state index is 12.1. The smallest absolute Gasteiger partial charge is 0.248 e. The average Bonchev–Trinajstić information content (AvgIpc) is 2.67. The van der Waals surface area contributed by atoms with Crippen LogP contribution in [0.2, 0.25) is 0 Å². The van der Waals surface area contributed by atoms with E-state index in [1.807, 2.05) is 24.3 Å². The lowest BCUT2D eigenvalue weighted by Crippen LogP contribution is -2.30. The number of phenolic OH excluding ortho intramolecular Hbond substituents is 1. The molecule has 3 N–H and O–H groups in total. The molecule has 0 aromatic heterocycles. The van der Waals surface area contributed by atoms with Crippen LogP contribution in [0.5, 0.6) is 11.5 Å². The summed E-state index contributed by atoms with van der Waals surface area (Å²) in [4.78, 5) is 12.1. The fraction of sp³-hybridized carbons (Fsp3) is 0.286. The van der Waals surface area contributed by atoms with Gasteiger partial charge in [0, 0.05) is 17.8 Å². The van der Waals surface area contributed by atoms with E-state index in [1.165, 1.54) is 6.08 Å². The third-order valence-corrected chi connectivity index (χ3v) is 4.37. The summed E-state index contributed by atoms with van der Waals surface area (Å²) in [5.41, 5.74) is 1.55. The monoisotopic (exact) mass is 388 g/mol. The largest absolute Gasteiger partial charge is 0.508 e. The van der Waals surface area contributed by atoms with E-state index in [0.717, 1.165) is 37.2 Å². The summed E-state index contributed by atoms with van der Waals surface area (Å²) < 4.78 is 5.89. The molecule has 27 heavy (non-hydrogen) atoms. The number of hydrogen-bond acceptors (Lipinski definition) is 4. The summed E-state index contributed by atoms with van der Waals surface area (Å²) in [5, 5.41) is 15.4. The molecule has 6 heteroatoms. The van der Waals surface area contributed by atoms with E-state index in [2.05, 4.69) is 10.6 Å². The Kier molecular flexibility index (Phi) is 8.17. The second kappa shape index (κ2) is 10.6. The van der Waals surface area contributed by atoms with Crippen LogP contribution in [0, 0.1) is 5.92 Å². The minimum absolute atomic E-state index is 0. The normalized spacial score (nSPS) is 14.5. The number of halogens is 1. The number of amides is 1. The molecule has 0 radical (unpaired) electrons. The lowest BCUT2D eigenvalue weighted by atomic mass is 9.99. The molecule has 1 saturated heterocycles. The summed E-state index contributed by atoms with van der Waals surface area (Å²) in [5.74, 6) is 1.34. The molecular formula is C21H25ClN2O3. The Morgan fingerprint density at radius 1 is 1.19 bits per heavy atom. The molecule has 2 aromatic rings. The molecular weight excluding hydrogens is 364 g/mol. The number of rotatable bonds is 6. The van der Waals surface area contributed by atoms with Gasteiger partial charge in [0.1, 0.15) is 11.5 Å². The topological polar surface area (TPSA) is 70.6 Å². The van der Waals surface area contributed by atoms with E-state index in [1.54, 1.807) is 30.3 Å². The highest BCUT2D eigenvalue weighted by molar-refractivity contribution is 6.02. The Labute approximate surface area is 165 Å². The Hall–Kier alpha value is -2.50. The fourth-order valence-corrected chi connectivity index (χ4v) is 2.87. The number of carbonyl (C=O) groups is 1. The zero-order valence-electron chi connectivity index (χ0n) is 15.1. The second-order valence-electron chi connectivity index (χ2n) is 6.45. The number of hydrogen-bond donors (Lipinski definition) is 3. The summed E-state index contributed by atoms with van der Waals surface area (Å²) >= 11 is 0. The fourth-order valence-electron chi connectivity index (χ4n) is 2.87. The van der Waals surface area contributed by atoms with Crippen LogP contribution in [0.1, 0.15) is 18.4 Å². The maximum Gasteiger partial charge on any atom is 0.248 e. The van der Waals surface area contributed by atoms with Crippen molar-refractivity contribution in [1.82, 2.24) is 5.32 Å². The summed E-state index contributed by atoms with van der Waals surface area (Å²) in [7, 11) is 0. The minimum Gasteiger partial charge on any atom is -0.508 e. The maximum absolute atomic E-state index is 12.1.